The number of aromatic hydroxyl groups is 1. The largest absolute Gasteiger partial charge is 0.508 e. The lowest BCUT2D eigenvalue weighted by Gasteiger charge is -2.25. The Bertz CT molecular complexity index is 1190. The molecule has 1 saturated heterocycles. The first-order valence-corrected chi connectivity index (χ1v) is 11.2. The fourth-order valence-corrected chi connectivity index (χ4v) is 3.93. The monoisotopic (exact) mass is 458 g/mol. The summed E-state index contributed by atoms with van der Waals surface area (Å²) < 4.78 is 5.67. The van der Waals surface area contributed by atoms with Gasteiger partial charge in [0.25, 0.3) is 11.7 Å². The third kappa shape index (κ3) is 4.78. The van der Waals surface area contributed by atoms with Crippen molar-refractivity contribution in [2.24, 2.45) is 0 Å². The molecule has 0 radical (unpaired) electrons. The summed E-state index contributed by atoms with van der Waals surface area (Å²) in [5.74, 6) is -1.00. The van der Waals surface area contributed by atoms with E-state index in [1.807, 2.05) is 6.07 Å². The molecular weight excluding hydrogens is 432 g/mol. The molecule has 2 N–H and O–H groups in total. The highest BCUT2D eigenvalue weighted by Crippen LogP contribution is 2.40. The number of likely N-dealkylation sites (tertiary alicyclic amines) is 1. The molecule has 3 aromatic rings. The summed E-state index contributed by atoms with van der Waals surface area (Å²) in [6, 6.07) is 15.8. The molecular formula is C27H26N2O5. The maximum absolute atomic E-state index is 13.1. The van der Waals surface area contributed by atoms with Crippen molar-refractivity contribution >= 4 is 17.4 Å². The Labute approximate surface area is 198 Å². The maximum Gasteiger partial charge on any atom is 0.295 e. The van der Waals surface area contributed by atoms with Gasteiger partial charge < -0.3 is 19.8 Å². The lowest BCUT2D eigenvalue weighted by atomic mass is 9.95. The predicted octanol–water partition coefficient (Wildman–Crippen LogP) is 4.59. The van der Waals surface area contributed by atoms with E-state index in [4.69, 9.17) is 4.74 Å². The Morgan fingerprint density at radius 1 is 1.06 bits per heavy atom. The SMILES string of the molecule is CCCCOc1ccc(/C(O)=C2\C(=O)C(=O)N(Cc3cccnc3)C2c2ccc(O)cc2)cc1. The molecule has 0 spiro atoms. The minimum atomic E-state index is -0.818. The van der Waals surface area contributed by atoms with Crippen LogP contribution >= 0.6 is 0 Å². The van der Waals surface area contributed by atoms with Gasteiger partial charge in [0.2, 0.25) is 0 Å². The third-order valence-electron chi connectivity index (χ3n) is 5.72. The number of amides is 1. The van der Waals surface area contributed by atoms with Gasteiger partial charge in [-0.25, -0.2) is 0 Å². The van der Waals surface area contributed by atoms with Crippen molar-refractivity contribution in [2.45, 2.75) is 32.4 Å². The van der Waals surface area contributed by atoms with Crippen LogP contribution in [0.15, 0.2) is 78.6 Å². The number of unbranched alkanes of at least 4 members (excludes halogenated alkanes) is 1. The van der Waals surface area contributed by atoms with E-state index in [-0.39, 0.29) is 23.6 Å². The van der Waals surface area contributed by atoms with Crippen molar-refractivity contribution < 1.29 is 24.5 Å². The first-order valence-electron chi connectivity index (χ1n) is 11.2. The van der Waals surface area contributed by atoms with Crippen LogP contribution in [0.3, 0.4) is 0 Å². The number of carbonyl (C=O) groups excluding carboxylic acids is 2. The van der Waals surface area contributed by atoms with Crippen LogP contribution in [0.1, 0.15) is 42.5 Å². The fourth-order valence-electron chi connectivity index (χ4n) is 3.93. The molecule has 0 aliphatic carbocycles. The standard InChI is InChI=1S/C27H26N2O5/c1-2-3-15-34-22-12-8-20(9-13-22)25(31)23-24(19-6-10-21(30)11-7-19)29(27(33)26(23)32)17-18-5-4-14-28-16-18/h4-14,16,24,30-31H,2-3,15,17H2,1H3/b25-23+. The highest BCUT2D eigenvalue weighted by molar-refractivity contribution is 6.46. The van der Waals surface area contributed by atoms with E-state index < -0.39 is 17.7 Å². The number of aromatic nitrogens is 1. The molecule has 7 heteroatoms. The van der Waals surface area contributed by atoms with E-state index in [2.05, 4.69) is 11.9 Å². The molecule has 2 aromatic carbocycles. The Balaban J connectivity index is 1.74. The zero-order chi connectivity index (χ0) is 24.1. The highest BCUT2D eigenvalue weighted by Gasteiger charge is 2.46. The molecule has 1 unspecified atom stereocenters. The average Bonchev–Trinajstić information content (AvgIpc) is 3.10. The van der Waals surface area contributed by atoms with Crippen LogP contribution in [-0.2, 0) is 16.1 Å². The van der Waals surface area contributed by atoms with Gasteiger partial charge >= 0.3 is 0 Å². The van der Waals surface area contributed by atoms with Crippen LogP contribution in [-0.4, -0.2) is 38.4 Å². The van der Waals surface area contributed by atoms with Gasteiger partial charge in [-0.15, -0.1) is 0 Å². The first-order chi connectivity index (χ1) is 16.5. The molecule has 4 rings (SSSR count). The van der Waals surface area contributed by atoms with E-state index in [0.29, 0.717) is 23.5 Å². The number of phenolic OH excluding ortho intramolecular Hbond substituents is 1. The summed E-state index contributed by atoms with van der Waals surface area (Å²) in [4.78, 5) is 31.7. The van der Waals surface area contributed by atoms with Crippen LogP contribution < -0.4 is 4.74 Å². The van der Waals surface area contributed by atoms with Gasteiger partial charge in [0.05, 0.1) is 18.2 Å². The van der Waals surface area contributed by atoms with Crippen LogP contribution in [0.5, 0.6) is 11.5 Å². The van der Waals surface area contributed by atoms with Gasteiger partial charge in [0, 0.05) is 24.5 Å². The summed E-state index contributed by atoms with van der Waals surface area (Å²) in [5.41, 5.74) is 1.76. The second-order valence-electron chi connectivity index (χ2n) is 8.11. The number of hydrogen-bond donors (Lipinski definition) is 2. The zero-order valence-electron chi connectivity index (χ0n) is 18.8. The van der Waals surface area contributed by atoms with Gasteiger partial charge in [0.15, 0.2) is 0 Å². The lowest BCUT2D eigenvalue weighted by molar-refractivity contribution is -0.140. The smallest absolute Gasteiger partial charge is 0.295 e. The van der Waals surface area contributed by atoms with Gasteiger partial charge in [-0.2, -0.15) is 0 Å². The number of phenols is 1. The van der Waals surface area contributed by atoms with E-state index in [1.54, 1.807) is 54.9 Å². The van der Waals surface area contributed by atoms with Crippen LogP contribution in [0.2, 0.25) is 0 Å². The predicted molar refractivity (Wildman–Crippen MR) is 127 cm³/mol. The molecule has 174 valence electrons. The van der Waals surface area contributed by atoms with Crippen LogP contribution in [0.25, 0.3) is 5.76 Å². The molecule has 1 aromatic heterocycles. The molecule has 1 aliphatic heterocycles. The number of hydrogen-bond acceptors (Lipinski definition) is 6. The van der Waals surface area contributed by atoms with Crippen LogP contribution in [0.4, 0.5) is 0 Å². The van der Waals surface area contributed by atoms with Crippen molar-refractivity contribution in [3.8, 4) is 11.5 Å². The Hall–Kier alpha value is -4.13. The summed E-state index contributed by atoms with van der Waals surface area (Å²) in [7, 11) is 0. The number of Topliss-reactive ketones (excluding diaryl/α,β-unsaturated/α-hetero) is 1. The molecule has 0 saturated carbocycles. The molecule has 1 fully saturated rings. The third-order valence-corrected chi connectivity index (χ3v) is 5.72. The minimum absolute atomic E-state index is 0.000712. The summed E-state index contributed by atoms with van der Waals surface area (Å²) in [6.07, 6.45) is 5.22. The van der Waals surface area contributed by atoms with E-state index in [9.17, 15) is 19.8 Å². The Morgan fingerprint density at radius 2 is 1.79 bits per heavy atom. The van der Waals surface area contributed by atoms with Crippen molar-refractivity contribution in [3.05, 3.63) is 95.3 Å². The van der Waals surface area contributed by atoms with Crippen molar-refractivity contribution in [3.63, 3.8) is 0 Å². The number of ketones is 1. The molecule has 7 nitrogen and oxygen atoms in total. The number of aliphatic hydroxyl groups excluding tert-OH is 1. The minimum Gasteiger partial charge on any atom is -0.508 e. The summed E-state index contributed by atoms with van der Waals surface area (Å²) >= 11 is 0. The van der Waals surface area contributed by atoms with Gasteiger partial charge in [-0.3, -0.25) is 14.6 Å². The number of ether oxygens (including phenoxy) is 1. The quantitative estimate of drug-likeness (QED) is 0.222. The topological polar surface area (TPSA) is 100.0 Å². The van der Waals surface area contributed by atoms with E-state index in [1.165, 1.54) is 17.0 Å². The van der Waals surface area contributed by atoms with Crippen LogP contribution in [0, 0.1) is 0 Å². The highest BCUT2D eigenvalue weighted by atomic mass is 16.5. The number of aliphatic hydroxyl groups is 1. The van der Waals surface area contributed by atoms with Gasteiger partial charge in [-0.1, -0.05) is 31.5 Å². The molecule has 1 amide bonds. The first kappa shape index (κ1) is 23.0. The van der Waals surface area contributed by atoms with Crippen molar-refractivity contribution in [1.82, 2.24) is 9.88 Å². The van der Waals surface area contributed by atoms with Crippen molar-refractivity contribution in [2.75, 3.05) is 6.61 Å². The molecule has 1 aliphatic rings. The fraction of sp³-hybridized carbons (Fsp3) is 0.222. The Morgan fingerprint density at radius 3 is 2.44 bits per heavy atom. The van der Waals surface area contributed by atoms with E-state index in [0.717, 1.165) is 18.4 Å². The molecule has 1 atom stereocenters. The van der Waals surface area contributed by atoms with Crippen molar-refractivity contribution in [1.29, 1.82) is 0 Å². The average molecular weight is 459 g/mol. The summed E-state index contributed by atoms with van der Waals surface area (Å²) in [5, 5.41) is 20.9. The summed E-state index contributed by atoms with van der Waals surface area (Å²) in [6.45, 7) is 2.83. The zero-order valence-corrected chi connectivity index (χ0v) is 18.8. The van der Waals surface area contributed by atoms with Gasteiger partial charge in [-0.05, 0) is 60.0 Å². The number of benzene rings is 2. The second-order valence-corrected chi connectivity index (χ2v) is 8.11. The number of carbonyl (C=O) groups is 2. The Kier molecular flexibility index (Phi) is 6.92. The molecule has 34 heavy (non-hydrogen) atoms. The van der Waals surface area contributed by atoms with E-state index >= 15 is 0 Å². The number of nitrogens with zero attached hydrogens (tertiary/aromatic N) is 2. The number of rotatable bonds is 8. The number of pyridine rings is 1. The molecule has 2 heterocycles. The normalized spacial score (nSPS) is 17.2. The molecule has 0 bridgehead atoms. The maximum atomic E-state index is 13.1. The second kappa shape index (κ2) is 10.2. The van der Waals surface area contributed by atoms with Gasteiger partial charge in [0.1, 0.15) is 17.3 Å². The lowest BCUT2D eigenvalue weighted by Crippen LogP contribution is -2.29.